The van der Waals surface area contributed by atoms with Gasteiger partial charge >= 0.3 is 7.82 Å². The van der Waals surface area contributed by atoms with Gasteiger partial charge in [-0.3, -0.25) is 9.78 Å². The van der Waals surface area contributed by atoms with Crippen LogP contribution in [0.5, 0.6) is 0 Å². The molecule has 0 amide bonds. The van der Waals surface area contributed by atoms with Crippen LogP contribution in [0.2, 0.25) is 0 Å². The molecule has 202 valence electrons. The summed E-state index contributed by atoms with van der Waals surface area (Å²) < 4.78 is 20.2. The molecule has 0 spiro atoms. The van der Waals surface area contributed by atoms with Gasteiger partial charge in [0.15, 0.2) is 0 Å². The van der Waals surface area contributed by atoms with Crippen LogP contribution < -0.4 is 0 Å². The van der Waals surface area contributed by atoms with E-state index in [1.54, 1.807) is 0 Å². The number of phosphoric ester groups is 1. The summed E-state index contributed by atoms with van der Waals surface area (Å²) in [4.78, 5) is 21.2. The molecule has 11 heteroatoms. The first-order valence-corrected chi connectivity index (χ1v) is 13.8. The van der Waals surface area contributed by atoms with Crippen molar-refractivity contribution in [3.8, 4) is 0 Å². The maximum Gasteiger partial charge on any atom is 0.469 e. The summed E-state index contributed by atoms with van der Waals surface area (Å²) in [5.41, 5.74) is 0. The predicted molar refractivity (Wildman–Crippen MR) is 127 cm³/mol. The maximum absolute atomic E-state index is 10.6. The van der Waals surface area contributed by atoms with Crippen molar-refractivity contribution >= 4 is 7.82 Å². The molecule has 0 saturated carbocycles. The van der Waals surface area contributed by atoms with E-state index in [0.717, 1.165) is 12.8 Å². The first-order chi connectivity index (χ1) is 15.8. The molecule has 0 heterocycles. The molecule has 1 unspecified atom stereocenters. The quantitative estimate of drug-likeness (QED) is 0.0521. The molecule has 0 aliphatic heterocycles. The van der Waals surface area contributed by atoms with E-state index in [4.69, 9.17) is 35.1 Å². The first kappa shape index (κ1) is 35.0. The van der Waals surface area contributed by atoms with Crippen LogP contribution in [0, 0.1) is 0 Å². The zero-order chi connectivity index (χ0) is 25.2. The average molecular weight is 505 g/mol. The summed E-state index contributed by atoms with van der Waals surface area (Å²) in [6.07, 6.45) is 16.3. The second kappa shape index (κ2) is 26.5. The van der Waals surface area contributed by atoms with Crippen molar-refractivity contribution in [2.45, 2.75) is 109 Å². The van der Waals surface area contributed by atoms with Gasteiger partial charge in [0.1, 0.15) is 12.2 Å². The smallest absolute Gasteiger partial charge is 0.394 e. The van der Waals surface area contributed by atoms with Gasteiger partial charge in [0, 0.05) is 6.61 Å². The lowest BCUT2D eigenvalue weighted by molar-refractivity contribution is -0.292. The molecule has 0 aliphatic carbocycles. The largest absolute Gasteiger partial charge is 0.469 e. The van der Waals surface area contributed by atoms with Gasteiger partial charge < -0.3 is 29.8 Å². The van der Waals surface area contributed by atoms with Gasteiger partial charge in [-0.2, -0.15) is 0 Å². The monoisotopic (exact) mass is 504 g/mol. The Hall–Kier alpha value is -0.130. The number of phosphoric acid groups is 1. The van der Waals surface area contributed by atoms with Gasteiger partial charge in [0.2, 0.25) is 0 Å². The normalized spacial score (nSPS) is 12.6. The fraction of sp³-hybridized carbons (Fsp3) is 1.00. The second-order valence-electron chi connectivity index (χ2n) is 8.20. The molecule has 0 fully saturated rings. The third-order valence-electron chi connectivity index (χ3n) is 4.95. The molecule has 0 aromatic rings. The summed E-state index contributed by atoms with van der Waals surface area (Å²) in [6.45, 7) is 1.68. The van der Waals surface area contributed by atoms with Crippen LogP contribution in [0.3, 0.4) is 0 Å². The van der Waals surface area contributed by atoms with Gasteiger partial charge in [-0.05, 0) is 6.42 Å². The lowest BCUT2D eigenvalue weighted by Gasteiger charge is -2.14. The highest BCUT2D eigenvalue weighted by molar-refractivity contribution is 7.46. The zero-order valence-electron chi connectivity index (χ0n) is 20.4. The van der Waals surface area contributed by atoms with Crippen molar-refractivity contribution in [1.82, 2.24) is 0 Å². The van der Waals surface area contributed by atoms with Crippen LogP contribution in [-0.4, -0.2) is 75.6 Å². The average Bonchev–Trinajstić information content (AvgIpc) is 2.79. The van der Waals surface area contributed by atoms with Gasteiger partial charge in [-0.25, -0.2) is 9.45 Å². The van der Waals surface area contributed by atoms with Gasteiger partial charge in [0.25, 0.3) is 0 Å². The molecule has 0 aromatic heterocycles. The Morgan fingerprint density at radius 3 is 1.48 bits per heavy atom. The number of hydrogen-bond donors (Lipinski definition) is 6. The summed E-state index contributed by atoms with van der Waals surface area (Å²) in [5, 5.41) is 32.7. The highest BCUT2D eigenvalue weighted by Gasteiger charge is 2.19. The Morgan fingerprint density at radius 1 is 0.727 bits per heavy atom. The standard InChI is InChI=1S/C19H41O7P.C3H8O3/c1-2-3-4-5-6-7-8-9-10-11-12-13-14-15-16-24-17-19(26-20)18-25-27(21,22)23;4-1-3(6)2-5/h19-20H,2-18H2,1H3,(H2,21,22,23);3-6H,1-2H2. The molecular weight excluding hydrogens is 455 g/mol. The number of unbranched alkanes of at least 4 members (excludes halogenated alkanes) is 13. The fourth-order valence-electron chi connectivity index (χ4n) is 2.96. The number of aliphatic hydroxyl groups excluding tert-OH is 3. The molecule has 10 nitrogen and oxygen atoms in total. The minimum absolute atomic E-state index is 0.0367. The van der Waals surface area contributed by atoms with E-state index in [1.807, 2.05) is 0 Å². The number of rotatable bonds is 23. The van der Waals surface area contributed by atoms with Crippen molar-refractivity contribution < 1.29 is 49.1 Å². The van der Waals surface area contributed by atoms with Gasteiger partial charge in [0.05, 0.1) is 26.4 Å². The maximum atomic E-state index is 10.6. The molecule has 0 radical (unpaired) electrons. The third-order valence-corrected chi connectivity index (χ3v) is 5.43. The SMILES string of the molecule is CCCCCCCCCCCCCCCCOCC(COP(=O)(O)O)OO.OCC(O)CO. The molecule has 6 N–H and O–H groups in total. The lowest BCUT2D eigenvalue weighted by Crippen LogP contribution is -2.24. The van der Waals surface area contributed by atoms with Gasteiger partial charge in [-0.1, -0.05) is 90.4 Å². The Bertz CT molecular complexity index is 418. The lowest BCUT2D eigenvalue weighted by atomic mass is 10.0. The summed E-state index contributed by atoms with van der Waals surface area (Å²) in [7, 11) is -4.56. The molecule has 0 aliphatic rings. The second-order valence-corrected chi connectivity index (χ2v) is 9.44. The molecule has 0 saturated heterocycles. The minimum Gasteiger partial charge on any atom is -0.394 e. The van der Waals surface area contributed by atoms with Crippen LogP contribution in [0.25, 0.3) is 0 Å². The molecule has 0 aromatic carbocycles. The highest BCUT2D eigenvalue weighted by Crippen LogP contribution is 2.35. The van der Waals surface area contributed by atoms with E-state index in [0.29, 0.717) is 6.61 Å². The van der Waals surface area contributed by atoms with E-state index in [9.17, 15) is 4.57 Å². The topological polar surface area (TPSA) is 166 Å². The zero-order valence-corrected chi connectivity index (χ0v) is 21.2. The van der Waals surface area contributed by atoms with Crippen LogP contribution in [0.15, 0.2) is 0 Å². The van der Waals surface area contributed by atoms with E-state index in [-0.39, 0.29) is 19.8 Å². The summed E-state index contributed by atoms with van der Waals surface area (Å²) >= 11 is 0. The third kappa shape index (κ3) is 31.9. The fourth-order valence-corrected chi connectivity index (χ4v) is 3.32. The minimum atomic E-state index is -4.56. The van der Waals surface area contributed by atoms with Gasteiger partial charge in [-0.15, -0.1) is 0 Å². The van der Waals surface area contributed by atoms with Crippen LogP contribution in [-0.2, 0) is 18.7 Å². The molecule has 0 rings (SSSR count). The number of aliphatic hydroxyl groups is 3. The molecule has 1 atom stereocenters. The van der Waals surface area contributed by atoms with Crippen LogP contribution in [0.4, 0.5) is 0 Å². The van der Waals surface area contributed by atoms with Crippen LogP contribution in [0.1, 0.15) is 96.8 Å². The predicted octanol–water partition coefficient (Wildman–Crippen LogP) is 3.78. The van der Waals surface area contributed by atoms with Crippen molar-refractivity contribution in [3.05, 3.63) is 0 Å². The van der Waals surface area contributed by atoms with E-state index < -0.39 is 26.6 Å². The Morgan fingerprint density at radius 2 is 1.15 bits per heavy atom. The molecular formula is C22H49O10P. The number of hydrogen-bond acceptors (Lipinski definition) is 8. The summed E-state index contributed by atoms with van der Waals surface area (Å²) in [6, 6.07) is 0. The Kier molecular flexibility index (Phi) is 28.1. The Balaban J connectivity index is 0. The van der Waals surface area contributed by atoms with E-state index in [2.05, 4.69) is 16.3 Å². The van der Waals surface area contributed by atoms with Crippen molar-refractivity contribution in [2.75, 3.05) is 33.0 Å². The van der Waals surface area contributed by atoms with Crippen molar-refractivity contribution in [3.63, 3.8) is 0 Å². The highest BCUT2D eigenvalue weighted by atomic mass is 31.2. The van der Waals surface area contributed by atoms with Crippen molar-refractivity contribution in [1.29, 1.82) is 0 Å². The van der Waals surface area contributed by atoms with Crippen LogP contribution >= 0.6 is 7.82 Å². The van der Waals surface area contributed by atoms with Crippen molar-refractivity contribution in [2.24, 2.45) is 0 Å². The number of ether oxygens (including phenoxy) is 1. The first-order valence-electron chi connectivity index (χ1n) is 12.3. The molecule has 33 heavy (non-hydrogen) atoms. The summed E-state index contributed by atoms with van der Waals surface area (Å²) in [5.74, 6) is 0. The Labute approximate surface area is 199 Å². The van der Waals surface area contributed by atoms with E-state index >= 15 is 0 Å². The molecule has 0 bridgehead atoms. The van der Waals surface area contributed by atoms with E-state index in [1.165, 1.54) is 77.0 Å².